The fraction of sp³-hybridized carbons (Fsp3) is 0.350. The highest BCUT2D eigenvalue weighted by Crippen LogP contribution is 2.22. The minimum Gasteiger partial charge on any atom is -0.373 e. The smallest absolute Gasteiger partial charge is 0.251 e. The highest BCUT2D eigenvalue weighted by atomic mass is 35.5. The summed E-state index contributed by atoms with van der Waals surface area (Å²) in [7, 11) is -3.71. The predicted octanol–water partition coefficient (Wildman–Crippen LogP) is 3.07. The first-order chi connectivity index (χ1) is 13.3. The van der Waals surface area contributed by atoms with Crippen molar-refractivity contribution in [2.75, 3.05) is 13.1 Å². The number of carbonyl (C=O) groups is 1. The third kappa shape index (κ3) is 4.72. The summed E-state index contributed by atoms with van der Waals surface area (Å²) in [6.07, 6.45) is -0.360. The zero-order chi connectivity index (χ0) is 20.3. The van der Waals surface area contributed by atoms with Crippen LogP contribution in [0.4, 0.5) is 0 Å². The maximum atomic E-state index is 13.0. The summed E-state index contributed by atoms with van der Waals surface area (Å²) in [5.74, 6) is -0.360. The van der Waals surface area contributed by atoms with Crippen LogP contribution in [0.2, 0.25) is 5.02 Å². The maximum absolute atomic E-state index is 13.0. The van der Waals surface area contributed by atoms with Crippen molar-refractivity contribution in [1.82, 2.24) is 9.62 Å². The molecular formula is C20H23ClN2O4S. The average Bonchev–Trinajstić information content (AvgIpc) is 2.66. The average molecular weight is 423 g/mol. The van der Waals surface area contributed by atoms with Crippen LogP contribution in [-0.2, 0) is 21.3 Å². The van der Waals surface area contributed by atoms with Crippen molar-refractivity contribution in [2.24, 2.45) is 0 Å². The third-order valence-electron chi connectivity index (χ3n) is 4.52. The lowest BCUT2D eigenvalue weighted by Gasteiger charge is -2.34. The van der Waals surface area contributed by atoms with Gasteiger partial charge in [-0.1, -0.05) is 35.9 Å². The summed E-state index contributed by atoms with van der Waals surface area (Å²) < 4.78 is 33.0. The number of hydrogen-bond donors (Lipinski definition) is 1. The molecule has 0 aliphatic carbocycles. The first-order valence-corrected chi connectivity index (χ1v) is 10.9. The molecular weight excluding hydrogens is 400 g/mol. The van der Waals surface area contributed by atoms with Gasteiger partial charge < -0.3 is 10.1 Å². The fourth-order valence-electron chi connectivity index (χ4n) is 3.19. The molecule has 0 aromatic heterocycles. The second-order valence-corrected chi connectivity index (χ2v) is 9.23. The quantitative estimate of drug-likeness (QED) is 0.803. The summed E-state index contributed by atoms with van der Waals surface area (Å²) in [6.45, 7) is 4.52. The van der Waals surface area contributed by atoms with Gasteiger partial charge in [-0.3, -0.25) is 4.79 Å². The van der Waals surface area contributed by atoms with E-state index in [-0.39, 0.29) is 48.2 Å². The Morgan fingerprint density at radius 3 is 2.50 bits per heavy atom. The normalized spacial score (nSPS) is 20.7. The largest absolute Gasteiger partial charge is 0.373 e. The van der Waals surface area contributed by atoms with Gasteiger partial charge in [0, 0.05) is 30.2 Å². The lowest BCUT2D eigenvalue weighted by atomic mass is 10.2. The van der Waals surface area contributed by atoms with Crippen LogP contribution in [0.15, 0.2) is 53.4 Å². The lowest BCUT2D eigenvalue weighted by Crippen LogP contribution is -2.48. The van der Waals surface area contributed by atoms with E-state index in [0.717, 1.165) is 5.56 Å². The van der Waals surface area contributed by atoms with Gasteiger partial charge in [-0.25, -0.2) is 8.42 Å². The molecule has 0 spiro atoms. The number of sulfonamides is 1. The van der Waals surface area contributed by atoms with Crippen LogP contribution in [0.3, 0.4) is 0 Å². The van der Waals surface area contributed by atoms with Gasteiger partial charge in [0.25, 0.3) is 5.91 Å². The van der Waals surface area contributed by atoms with Crippen molar-refractivity contribution >= 4 is 27.5 Å². The van der Waals surface area contributed by atoms with Crippen LogP contribution in [0, 0.1) is 0 Å². The molecule has 1 heterocycles. The minimum absolute atomic E-state index is 0.0965. The maximum Gasteiger partial charge on any atom is 0.251 e. The van der Waals surface area contributed by atoms with E-state index in [1.54, 1.807) is 18.2 Å². The van der Waals surface area contributed by atoms with Crippen molar-refractivity contribution in [1.29, 1.82) is 0 Å². The SMILES string of the molecule is CC1CN(S(=O)(=O)c2cccc(C(=O)NCc3ccccc3Cl)c2)CC(C)O1. The topological polar surface area (TPSA) is 75.7 Å². The van der Waals surface area contributed by atoms with Gasteiger partial charge in [0.15, 0.2) is 0 Å². The zero-order valence-electron chi connectivity index (χ0n) is 15.8. The molecule has 2 unspecified atom stereocenters. The monoisotopic (exact) mass is 422 g/mol. The molecule has 28 heavy (non-hydrogen) atoms. The van der Waals surface area contributed by atoms with Crippen LogP contribution < -0.4 is 5.32 Å². The van der Waals surface area contributed by atoms with Gasteiger partial charge in [-0.2, -0.15) is 4.31 Å². The highest BCUT2D eigenvalue weighted by molar-refractivity contribution is 7.89. The van der Waals surface area contributed by atoms with Crippen molar-refractivity contribution in [2.45, 2.75) is 37.5 Å². The molecule has 2 atom stereocenters. The van der Waals surface area contributed by atoms with Crippen molar-refractivity contribution in [3.05, 3.63) is 64.7 Å². The molecule has 1 aliphatic heterocycles. The first kappa shape index (κ1) is 20.8. The molecule has 0 radical (unpaired) electrons. The Morgan fingerprint density at radius 1 is 1.14 bits per heavy atom. The fourth-order valence-corrected chi connectivity index (χ4v) is 5.03. The third-order valence-corrected chi connectivity index (χ3v) is 6.71. The van der Waals surface area contributed by atoms with Gasteiger partial charge in [-0.15, -0.1) is 0 Å². The number of benzene rings is 2. The Bertz CT molecular complexity index is 954. The van der Waals surface area contributed by atoms with E-state index < -0.39 is 10.0 Å². The molecule has 1 fully saturated rings. The van der Waals surface area contributed by atoms with Gasteiger partial charge in [0.1, 0.15) is 0 Å². The summed E-state index contributed by atoms with van der Waals surface area (Å²) in [5.41, 5.74) is 1.07. The molecule has 1 amide bonds. The van der Waals surface area contributed by atoms with Crippen LogP contribution in [0.1, 0.15) is 29.8 Å². The molecule has 1 aliphatic rings. The number of carbonyl (C=O) groups excluding carboxylic acids is 1. The summed E-state index contributed by atoms with van der Waals surface area (Å²) >= 11 is 6.10. The molecule has 8 heteroatoms. The number of morpholine rings is 1. The Balaban J connectivity index is 1.76. The second kappa shape index (κ2) is 8.61. The number of amides is 1. The van der Waals surface area contributed by atoms with Gasteiger partial charge in [-0.05, 0) is 43.7 Å². The highest BCUT2D eigenvalue weighted by Gasteiger charge is 2.32. The molecule has 1 N–H and O–H groups in total. The predicted molar refractivity (Wildman–Crippen MR) is 108 cm³/mol. The van der Waals surface area contributed by atoms with Crippen LogP contribution in [0.25, 0.3) is 0 Å². The van der Waals surface area contributed by atoms with E-state index in [2.05, 4.69) is 5.32 Å². The lowest BCUT2D eigenvalue weighted by molar-refractivity contribution is -0.0440. The Kier molecular flexibility index (Phi) is 6.40. The molecule has 2 aromatic rings. The van der Waals surface area contributed by atoms with E-state index in [1.807, 2.05) is 32.0 Å². The van der Waals surface area contributed by atoms with Gasteiger partial charge >= 0.3 is 0 Å². The molecule has 1 saturated heterocycles. The van der Waals surface area contributed by atoms with Crippen LogP contribution in [0.5, 0.6) is 0 Å². The second-order valence-electron chi connectivity index (χ2n) is 6.88. The molecule has 3 rings (SSSR count). The van der Waals surface area contributed by atoms with E-state index in [9.17, 15) is 13.2 Å². The molecule has 2 aromatic carbocycles. The summed E-state index contributed by atoms with van der Waals surface area (Å²) in [6, 6.07) is 13.3. The summed E-state index contributed by atoms with van der Waals surface area (Å²) in [5, 5.41) is 3.34. The van der Waals surface area contributed by atoms with Gasteiger partial charge in [0.2, 0.25) is 10.0 Å². The van der Waals surface area contributed by atoms with Gasteiger partial charge in [0.05, 0.1) is 17.1 Å². The summed E-state index contributed by atoms with van der Waals surface area (Å²) in [4.78, 5) is 12.6. The molecule has 6 nitrogen and oxygen atoms in total. The Labute approximate surface area is 170 Å². The molecule has 0 saturated carbocycles. The van der Waals surface area contributed by atoms with E-state index in [4.69, 9.17) is 16.3 Å². The number of rotatable bonds is 5. The minimum atomic E-state index is -3.71. The Hall–Kier alpha value is -1.93. The number of hydrogen-bond acceptors (Lipinski definition) is 4. The Morgan fingerprint density at radius 2 is 1.82 bits per heavy atom. The van der Waals surface area contributed by atoms with Crippen molar-refractivity contribution < 1.29 is 17.9 Å². The number of ether oxygens (including phenoxy) is 1. The molecule has 0 bridgehead atoms. The van der Waals surface area contributed by atoms with Crippen LogP contribution >= 0.6 is 11.6 Å². The van der Waals surface area contributed by atoms with Crippen LogP contribution in [-0.4, -0.2) is 43.9 Å². The van der Waals surface area contributed by atoms with Crippen molar-refractivity contribution in [3.8, 4) is 0 Å². The number of halogens is 1. The van der Waals surface area contributed by atoms with Crippen molar-refractivity contribution in [3.63, 3.8) is 0 Å². The van der Waals surface area contributed by atoms with E-state index in [1.165, 1.54) is 16.4 Å². The number of nitrogens with zero attached hydrogens (tertiary/aromatic N) is 1. The standard InChI is InChI=1S/C20H23ClN2O4S/c1-14-12-23(13-15(2)27-14)28(25,26)18-8-5-7-16(10-18)20(24)22-11-17-6-3-4-9-19(17)21/h3-10,14-15H,11-13H2,1-2H3,(H,22,24). The number of nitrogens with one attached hydrogen (secondary N) is 1. The first-order valence-electron chi connectivity index (χ1n) is 9.04. The zero-order valence-corrected chi connectivity index (χ0v) is 17.3. The van der Waals surface area contributed by atoms with E-state index >= 15 is 0 Å². The van der Waals surface area contributed by atoms with E-state index in [0.29, 0.717) is 5.02 Å². The molecule has 150 valence electrons.